The Morgan fingerprint density at radius 3 is 2.56 bits per heavy atom. The van der Waals surface area contributed by atoms with Crippen molar-refractivity contribution in [2.75, 3.05) is 33.1 Å². The van der Waals surface area contributed by atoms with E-state index < -0.39 is 10.0 Å². The van der Waals surface area contributed by atoms with Crippen LogP contribution in [-0.2, 0) is 19.6 Å². The van der Waals surface area contributed by atoms with E-state index in [4.69, 9.17) is 4.74 Å². The third-order valence-electron chi connectivity index (χ3n) is 3.52. The first kappa shape index (κ1) is 13.8. The first-order valence-corrected chi connectivity index (χ1v) is 8.01. The fraction of sp³-hybridized carbons (Fsp3) is 0.909. The minimum atomic E-state index is -3.24. The summed E-state index contributed by atoms with van der Waals surface area (Å²) in [7, 11) is -1.67. The molecule has 1 saturated heterocycles. The first-order chi connectivity index (χ1) is 8.41. The SMILES string of the molecule is COC[C@@H]1CN(S(C)(=O)=O)C[C@H]1C(=O)NC1CC1. The second-order valence-electron chi connectivity index (χ2n) is 5.18. The van der Waals surface area contributed by atoms with E-state index >= 15 is 0 Å². The fourth-order valence-corrected chi connectivity index (χ4v) is 3.21. The third-order valence-corrected chi connectivity index (χ3v) is 4.75. The van der Waals surface area contributed by atoms with E-state index in [9.17, 15) is 13.2 Å². The summed E-state index contributed by atoms with van der Waals surface area (Å²) in [5.41, 5.74) is 0. The molecule has 1 amide bonds. The number of amides is 1. The van der Waals surface area contributed by atoms with Crippen LogP contribution in [0.5, 0.6) is 0 Å². The van der Waals surface area contributed by atoms with Crippen molar-refractivity contribution < 1.29 is 17.9 Å². The van der Waals surface area contributed by atoms with E-state index in [1.54, 1.807) is 7.11 Å². The van der Waals surface area contributed by atoms with Gasteiger partial charge in [0, 0.05) is 32.2 Å². The maximum absolute atomic E-state index is 12.1. The Kier molecular flexibility index (Phi) is 3.93. The standard InChI is InChI=1S/C11H20N2O4S/c1-17-7-8-5-13(18(2,15)16)6-10(8)11(14)12-9-3-4-9/h8-10H,3-7H2,1-2H3,(H,12,14)/t8-,10+/m0/s1. The molecule has 0 aromatic rings. The van der Waals surface area contributed by atoms with Gasteiger partial charge in [-0.2, -0.15) is 0 Å². The van der Waals surface area contributed by atoms with Gasteiger partial charge in [-0.3, -0.25) is 4.79 Å². The van der Waals surface area contributed by atoms with Crippen LogP contribution >= 0.6 is 0 Å². The van der Waals surface area contributed by atoms with Crippen molar-refractivity contribution in [1.82, 2.24) is 9.62 Å². The predicted octanol–water partition coefficient (Wildman–Crippen LogP) is -0.581. The minimum absolute atomic E-state index is 0.0364. The number of hydrogen-bond donors (Lipinski definition) is 1. The van der Waals surface area contributed by atoms with Gasteiger partial charge in [0.2, 0.25) is 15.9 Å². The first-order valence-electron chi connectivity index (χ1n) is 6.16. The highest BCUT2D eigenvalue weighted by molar-refractivity contribution is 7.88. The molecular formula is C11H20N2O4S. The molecule has 1 aliphatic heterocycles. The van der Waals surface area contributed by atoms with Gasteiger partial charge in [0.25, 0.3) is 0 Å². The van der Waals surface area contributed by atoms with Crippen LogP contribution in [0.3, 0.4) is 0 Å². The zero-order valence-corrected chi connectivity index (χ0v) is 11.6. The Morgan fingerprint density at radius 2 is 2.06 bits per heavy atom. The van der Waals surface area contributed by atoms with Crippen LogP contribution in [0.4, 0.5) is 0 Å². The average Bonchev–Trinajstić information content (AvgIpc) is 2.94. The third kappa shape index (κ3) is 3.21. The van der Waals surface area contributed by atoms with Crippen molar-refractivity contribution in [3.05, 3.63) is 0 Å². The Labute approximate surface area is 108 Å². The largest absolute Gasteiger partial charge is 0.384 e. The number of methoxy groups -OCH3 is 1. The molecule has 104 valence electrons. The lowest BCUT2D eigenvalue weighted by molar-refractivity contribution is -0.126. The molecule has 2 atom stereocenters. The summed E-state index contributed by atoms with van der Waals surface area (Å²) < 4.78 is 29.5. The van der Waals surface area contributed by atoms with Crippen molar-refractivity contribution in [3.8, 4) is 0 Å². The summed E-state index contributed by atoms with van der Waals surface area (Å²) >= 11 is 0. The molecule has 18 heavy (non-hydrogen) atoms. The molecule has 0 radical (unpaired) electrons. The molecule has 6 nitrogen and oxygen atoms in total. The maximum atomic E-state index is 12.1. The van der Waals surface area contributed by atoms with Crippen molar-refractivity contribution in [2.24, 2.45) is 11.8 Å². The molecule has 0 spiro atoms. The van der Waals surface area contributed by atoms with Crippen LogP contribution in [-0.4, -0.2) is 57.7 Å². The number of carbonyl (C=O) groups excluding carboxylic acids is 1. The average molecular weight is 276 g/mol. The minimum Gasteiger partial charge on any atom is -0.384 e. The molecule has 1 aliphatic carbocycles. The van der Waals surface area contributed by atoms with E-state index in [-0.39, 0.29) is 24.3 Å². The topological polar surface area (TPSA) is 75.7 Å². The molecule has 0 bridgehead atoms. The van der Waals surface area contributed by atoms with Gasteiger partial charge < -0.3 is 10.1 Å². The monoisotopic (exact) mass is 276 g/mol. The van der Waals surface area contributed by atoms with Gasteiger partial charge in [-0.1, -0.05) is 0 Å². The summed E-state index contributed by atoms with van der Waals surface area (Å²) in [5.74, 6) is -0.380. The van der Waals surface area contributed by atoms with Gasteiger partial charge in [0.15, 0.2) is 0 Å². The molecule has 0 aromatic carbocycles. The van der Waals surface area contributed by atoms with E-state index in [1.165, 1.54) is 10.6 Å². The van der Waals surface area contributed by atoms with Gasteiger partial charge in [-0.15, -0.1) is 0 Å². The van der Waals surface area contributed by atoms with Crippen LogP contribution in [0.25, 0.3) is 0 Å². The number of nitrogens with zero attached hydrogens (tertiary/aromatic N) is 1. The van der Waals surface area contributed by atoms with Gasteiger partial charge in [-0.05, 0) is 12.8 Å². The van der Waals surface area contributed by atoms with Crippen LogP contribution in [0, 0.1) is 11.8 Å². The number of rotatable bonds is 5. The van der Waals surface area contributed by atoms with Gasteiger partial charge in [-0.25, -0.2) is 12.7 Å². The lowest BCUT2D eigenvalue weighted by Gasteiger charge is -2.16. The summed E-state index contributed by atoms with van der Waals surface area (Å²) in [6.07, 6.45) is 3.24. The summed E-state index contributed by atoms with van der Waals surface area (Å²) in [4.78, 5) is 12.1. The second-order valence-corrected chi connectivity index (χ2v) is 7.17. The molecule has 1 N–H and O–H groups in total. The van der Waals surface area contributed by atoms with Crippen molar-refractivity contribution in [3.63, 3.8) is 0 Å². The Morgan fingerprint density at radius 1 is 1.39 bits per heavy atom. The zero-order valence-electron chi connectivity index (χ0n) is 10.8. The Bertz CT molecular complexity index is 419. The van der Waals surface area contributed by atoms with Gasteiger partial charge in [0.1, 0.15) is 0 Å². The van der Waals surface area contributed by atoms with E-state index in [1.807, 2.05) is 0 Å². The molecular weight excluding hydrogens is 256 g/mol. The van der Waals surface area contributed by atoms with Crippen molar-refractivity contribution in [2.45, 2.75) is 18.9 Å². The Balaban J connectivity index is 2.03. The van der Waals surface area contributed by atoms with E-state index in [0.29, 0.717) is 19.2 Å². The molecule has 2 rings (SSSR count). The van der Waals surface area contributed by atoms with Gasteiger partial charge >= 0.3 is 0 Å². The van der Waals surface area contributed by atoms with Crippen LogP contribution in [0.1, 0.15) is 12.8 Å². The molecule has 0 aromatic heterocycles. The molecule has 2 aliphatic rings. The van der Waals surface area contributed by atoms with Crippen molar-refractivity contribution >= 4 is 15.9 Å². The molecule has 2 fully saturated rings. The summed E-state index contributed by atoms with van der Waals surface area (Å²) in [6.45, 7) is 1.05. The van der Waals surface area contributed by atoms with Crippen LogP contribution in [0.2, 0.25) is 0 Å². The number of ether oxygens (including phenoxy) is 1. The summed E-state index contributed by atoms with van der Waals surface area (Å²) in [5, 5.41) is 2.94. The predicted molar refractivity (Wildman–Crippen MR) is 66.4 cm³/mol. The number of sulfonamides is 1. The Hall–Kier alpha value is -0.660. The fourth-order valence-electron chi connectivity index (χ4n) is 2.32. The highest BCUT2D eigenvalue weighted by Crippen LogP contribution is 2.27. The van der Waals surface area contributed by atoms with E-state index in [2.05, 4.69) is 5.32 Å². The molecule has 0 unspecified atom stereocenters. The quantitative estimate of drug-likeness (QED) is 0.729. The van der Waals surface area contributed by atoms with Crippen molar-refractivity contribution in [1.29, 1.82) is 0 Å². The van der Waals surface area contributed by atoms with Crippen LogP contribution in [0.15, 0.2) is 0 Å². The normalized spacial score (nSPS) is 29.4. The second kappa shape index (κ2) is 5.14. The number of carbonyl (C=O) groups is 1. The highest BCUT2D eigenvalue weighted by atomic mass is 32.2. The lowest BCUT2D eigenvalue weighted by atomic mass is 9.96. The van der Waals surface area contributed by atoms with E-state index in [0.717, 1.165) is 12.8 Å². The maximum Gasteiger partial charge on any atom is 0.225 e. The molecule has 1 saturated carbocycles. The zero-order chi connectivity index (χ0) is 13.3. The molecule has 1 heterocycles. The summed E-state index contributed by atoms with van der Waals surface area (Å²) in [6, 6.07) is 0.299. The molecule has 7 heteroatoms. The number of nitrogens with one attached hydrogen (secondary N) is 1. The van der Waals surface area contributed by atoms with Crippen LogP contribution < -0.4 is 5.32 Å². The highest BCUT2D eigenvalue weighted by Gasteiger charge is 2.42. The van der Waals surface area contributed by atoms with Gasteiger partial charge in [0.05, 0.1) is 18.8 Å². The smallest absolute Gasteiger partial charge is 0.225 e. The lowest BCUT2D eigenvalue weighted by Crippen LogP contribution is -2.37. The number of hydrogen-bond acceptors (Lipinski definition) is 4.